The SMILES string of the molecule is CO[C@@H]1O[C@H](C)[C@@H](O)[C@H](OCc2ccccc2)[C@H]1OCc1ccccc1. The van der Waals surface area contributed by atoms with E-state index in [0.717, 1.165) is 11.1 Å². The molecule has 0 aliphatic carbocycles. The highest BCUT2D eigenvalue weighted by Gasteiger charge is 2.45. The number of benzene rings is 2. The summed E-state index contributed by atoms with van der Waals surface area (Å²) >= 11 is 0. The van der Waals surface area contributed by atoms with Crippen molar-refractivity contribution in [1.82, 2.24) is 0 Å². The maximum atomic E-state index is 10.6. The minimum atomic E-state index is -0.800. The molecule has 26 heavy (non-hydrogen) atoms. The molecule has 0 spiro atoms. The van der Waals surface area contributed by atoms with Crippen LogP contribution >= 0.6 is 0 Å². The molecule has 2 aromatic carbocycles. The smallest absolute Gasteiger partial charge is 0.186 e. The van der Waals surface area contributed by atoms with Gasteiger partial charge < -0.3 is 24.1 Å². The van der Waals surface area contributed by atoms with Gasteiger partial charge in [0.05, 0.1) is 19.3 Å². The van der Waals surface area contributed by atoms with E-state index in [9.17, 15) is 5.11 Å². The van der Waals surface area contributed by atoms with Gasteiger partial charge in [0.15, 0.2) is 6.29 Å². The topological polar surface area (TPSA) is 57.2 Å². The van der Waals surface area contributed by atoms with Crippen molar-refractivity contribution >= 4 is 0 Å². The van der Waals surface area contributed by atoms with Crippen molar-refractivity contribution in [3.8, 4) is 0 Å². The van der Waals surface area contributed by atoms with Gasteiger partial charge in [-0.3, -0.25) is 0 Å². The van der Waals surface area contributed by atoms with Crippen molar-refractivity contribution in [2.24, 2.45) is 0 Å². The second kappa shape index (κ2) is 9.26. The van der Waals surface area contributed by atoms with Gasteiger partial charge in [0.1, 0.15) is 18.3 Å². The van der Waals surface area contributed by atoms with E-state index in [0.29, 0.717) is 13.2 Å². The molecule has 0 radical (unpaired) electrons. The van der Waals surface area contributed by atoms with E-state index in [1.165, 1.54) is 0 Å². The van der Waals surface area contributed by atoms with Crippen molar-refractivity contribution in [2.75, 3.05) is 7.11 Å². The first kappa shape index (κ1) is 19.0. The second-order valence-corrected chi connectivity index (χ2v) is 6.46. The lowest BCUT2D eigenvalue weighted by Gasteiger charge is -2.42. The van der Waals surface area contributed by atoms with Crippen LogP contribution in [0.2, 0.25) is 0 Å². The molecule has 1 saturated heterocycles. The molecule has 1 N–H and O–H groups in total. The van der Waals surface area contributed by atoms with Crippen molar-refractivity contribution < 1.29 is 24.1 Å². The predicted molar refractivity (Wildman–Crippen MR) is 97.4 cm³/mol. The number of rotatable bonds is 7. The minimum absolute atomic E-state index is 0.386. The van der Waals surface area contributed by atoms with Crippen molar-refractivity contribution in [1.29, 1.82) is 0 Å². The average molecular weight is 358 g/mol. The second-order valence-electron chi connectivity index (χ2n) is 6.46. The monoisotopic (exact) mass is 358 g/mol. The number of hydrogen-bond donors (Lipinski definition) is 1. The summed E-state index contributed by atoms with van der Waals surface area (Å²) in [6.07, 6.45) is -2.89. The van der Waals surface area contributed by atoms with Gasteiger partial charge in [0, 0.05) is 7.11 Å². The number of aliphatic hydroxyl groups excluding tert-OH is 1. The van der Waals surface area contributed by atoms with Gasteiger partial charge >= 0.3 is 0 Å². The van der Waals surface area contributed by atoms with Crippen LogP contribution in [0, 0.1) is 0 Å². The van der Waals surface area contributed by atoms with E-state index >= 15 is 0 Å². The molecule has 1 fully saturated rings. The van der Waals surface area contributed by atoms with Gasteiger partial charge in [-0.05, 0) is 18.1 Å². The highest BCUT2D eigenvalue weighted by atomic mass is 16.7. The van der Waals surface area contributed by atoms with Gasteiger partial charge in [0.2, 0.25) is 0 Å². The summed E-state index contributed by atoms with van der Waals surface area (Å²) in [6.45, 7) is 2.58. The largest absolute Gasteiger partial charge is 0.388 e. The van der Waals surface area contributed by atoms with E-state index in [-0.39, 0.29) is 0 Å². The third-order valence-electron chi connectivity index (χ3n) is 4.56. The summed E-state index contributed by atoms with van der Waals surface area (Å²) in [4.78, 5) is 0. The molecule has 5 heteroatoms. The van der Waals surface area contributed by atoms with Crippen molar-refractivity contribution in [3.05, 3.63) is 71.8 Å². The Bertz CT molecular complexity index is 604. The average Bonchev–Trinajstić information content (AvgIpc) is 2.69. The summed E-state index contributed by atoms with van der Waals surface area (Å²) in [5.74, 6) is 0. The zero-order valence-electron chi connectivity index (χ0n) is 15.2. The zero-order chi connectivity index (χ0) is 18.4. The first-order valence-corrected chi connectivity index (χ1v) is 8.86. The van der Waals surface area contributed by atoms with Crippen LogP contribution in [0.25, 0.3) is 0 Å². The Morgan fingerprint density at radius 3 is 1.85 bits per heavy atom. The highest BCUT2D eigenvalue weighted by molar-refractivity contribution is 5.14. The summed E-state index contributed by atoms with van der Waals surface area (Å²) < 4.78 is 23.3. The lowest BCUT2D eigenvalue weighted by Crippen LogP contribution is -2.59. The molecule has 140 valence electrons. The molecule has 5 atom stereocenters. The van der Waals surface area contributed by atoms with Crippen LogP contribution in [0.3, 0.4) is 0 Å². The third kappa shape index (κ3) is 4.69. The highest BCUT2D eigenvalue weighted by Crippen LogP contribution is 2.27. The molecule has 3 rings (SSSR count). The molecule has 0 unspecified atom stereocenters. The molecular weight excluding hydrogens is 332 g/mol. The Morgan fingerprint density at radius 1 is 0.846 bits per heavy atom. The predicted octanol–water partition coefficient (Wildman–Crippen LogP) is 2.91. The minimum Gasteiger partial charge on any atom is -0.388 e. The van der Waals surface area contributed by atoms with Gasteiger partial charge in [-0.2, -0.15) is 0 Å². The first-order chi connectivity index (χ1) is 12.7. The fourth-order valence-corrected chi connectivity index (χ4v) is 3.08. The Labute approximate surface area is 154 Å². The van der Waals surface area contributed by atoms with Crippen LogP contribution in [-0.2, 0) is 32.2 Å². The molecule has 1 aliphatic rings. The number of methoxy groups -OCH3 is 1. The fraction of sp³-hybridized carbons (Fsp3) is 0.429. The molecule has 0 amide bonds. The van der Waals surface area contributed by atoms with Crippen LogP contribution < -0.4 is 0 Å². The molecule has 5 nitrogen and oxygen atoms in total. The molecule has 1 aliphatic heterocycles. The maximum Gasteiger partial charge on any atom is 0.186 e. The summed E-state index contributed by atoms with van der Waals surface area (Å²) in [6, 6.07) is 19.7. The van der Waals surface area contributed by atoms with Gasteiger partial charge in [0.25, 0.3) is 0 Å². The third-order valence-corrected chi connectivity index (χ3v) is 4.56. The molecule has 0 saturated carbocycles. The number of ether oxygens (including phenoxy) is 4. The standard InChI is InChI=1S/C21H26O5/c1-15-18(22)19(24-13-16-9-5-3-6-10-16)20(21(23-2)26-15)25-14-17-11-7-4-8-12-17/h3-12,15,18-22H,13-14H2,1-2H3/t15-,18-,19+,20-,21-/m1/s1. The van der Waals surface area contributed by atoms with Gasteiger partial charge in [-0.1, -0.05) is 60.7 Å². The van der Waals surface area contributed by atoms with Crippen molar-refractivity contribution in [3.63, 3.8) is 0 Å². The molecule has 2 aromatic rings. The molecular formula is C21H26O5. The van der Waals surface area contributed by atoms with Crippen molar-refractivity contribution in [2.45, 2.75) is 50.8 Å². The lowest BCUT2D eigenvalue weighted by atomic mass is 9.99. The summed E-state index contributed by atoms with van der Waals surface area (Å²) in [5.41, 5.74) is 2.08. The summed E-state index contributed by atoms with van der Waals surface area (Å²) in [7, 11) is 1.57. The Balaban J connectivity index is 1.71. The summed E-state index contributed by atoms with van der Waals surface area (Å²) in [5, 5.41) is 10.6. The van der Waals surface area contributed by atoms with E-state index in [1.54, 1.807) is 7.11 Å². The van der Waals surface area contributed by atoms with E-state index in [2.05, 4.69) is 0 Å². The molecule has 0 bridgehead atoms. The van der Waals surface area contributed by atoms with Crippen LogP contribution in [0.1, 0.15) is 18.1 Å². The maximum absolute atomic E-state index is 10.6. The first-order valence-electron chi connectivity index (χ1n) is 8.86. The number of hydrogen-bond acceptors (Lipinski definition) is 5. The van der Waals surface area contributed by atoms with Crippen LogP contribution in [-0.4, -0.2) is 42.9 Å². The van der Waals surface area contributed by atoms with Crippen LogP contribution in [0.4, 0.5) is 0 Å². The van der Waals surface area contributed by atoms with E-state index < -0.39 is 30.7 Å². The Kier molecular flexibility index (Phi) is 6.77. The van der Waals surface area contributed by atoms with Crippen LogP contribution in [0.5, 0.6) is 0 Å². The van der Waals surface area contributed by atoms with Crippen LogP contribution in [0.15, 0.2) is 60.7 Å². The molecule has 1 heterocycles. The zero-order valence-corrected chi connectivity index (χ0v) is 15.2. The fourth-order valence-electron chi connectivity index (χ4n) is 3.08. The number of aliphatic hydroxyl groups is 1. The normalized spacial score (nSPS) is 28.8. The quantitative estimate of drug-likeness (QED) is 0.825. The lowest BCUT2D eigenvalue weighted by molar-refractivity contribution is -0.307. The van der Waals surface area contributed by atoms with E-state index in [4.69, 9.17) is 18.9 Å². The van der Waals surface area contributed by atoms with Gasteiger partial charge in [-0.15, -0.1) is 0 Å². The molecule has 0 aromatic heterocycles. The van der Waals surface area contributed by atoms with Gasteiger partial charge in [-0.25, -0.2) is 0 Å². The Morgan fingerprint density at radius 2 is 1.35 bits per heavy atom. The Hall–Kier alpha value is -1.76. The van der Waals surface area contributed by atoms with E-state index in [1.807, 2.05) is 67.6 Å².